The van der Waals surface area contributed by atoms with Gasteiger partial charge < -0.3 is 9.84 Å². The molecule has 5 heteroatoms. The lowest BCUT2D eigenvalue weighted by Gasteiger charge is -1.99. The molecule has 4 nitrogen and oxygen atoms in total. The molecular weight excluding hydrogens is 180 g/mol. The zero-order valence-electron chi connectivity index (χ0n) is 7.21. The molecule has 12 heavy (non-hydrogen) atoms. The Balaban J connectivity index is 0.000000561. The summed E-state index contributed by atoms with van der Waals surface area (Å²) >= 11 is 5.38. The predicted molar refractivity (Wildman–Crippen MR) is 46.6 cm³/mol. The highest BCUT2D eigenvalue weighted by Crippen LogP contribution is 2.21. The summed E-state index contributed by atoms with van der Waals surface area (Å²) in [6.45, 7) is 4.00. The van der Waals surface area contributed by atoms with E-state index in [-0.39, 0.29) is 16.9 Å². The van der Waals surface area contributed by atoms with Gasteiger partial charge in [0.15, 0.2) is 5.75 Å². The number of methoxy groups -OCH3 is 1. The van der Waals surface area contributed by atoms with Crippen molar-refractivity contribution in [3.63, 3.8) is 0 Å². The highest BCUT2D eigenvalue weighted by atomic mass is 35.5. The second kappa shape index (κ2) is 5.60. The fraction of sp³-hybridized carbons (Fsp3) is 0.429. The van der Waals surface area contributed by atoms with Crippen molar-refractivity contribution >= 4 is 11.6 Å². The van der Waals surface area contributed by atoms with Gasteiger partial charge in [-0.25, -0.2) is 4.98 Å². The lowest BCUT2D eigenvalue weighted by Crippen LogP contribution is -1.89. The van der Waals surface area contributed by atoms with Gasteiger partial charge in [0, 0.05) is 0 Å². The molecule has 0 aromatic carbocycles. The molecule has 0 aliphatic rings. The van der Waals surface area contributed by atoms with Gasteiger partial charge in [-0.1, -0.05) is 13.8 Å². The Kier molecular flexibility index (Phi) is 5.12. The molecule has 0 fully saturated rings. The molecule has 0 radical (unpaired) electrons. The van der Waals surface area contributed by atoms with Crippen molar-refractivity contribution in [1.82, 2.24) is 9.97 Å². The van der Waals surface area contributed by atoms with Gasteiger partial charge >= 0.3 is 0 Å². The molecule has 68 valence electrons. The van der Waals surface area contributed by atoms with Crippen LogP contribution in [-0.4, -0.2) is 22.2 Å². The van der Waals surface area contributed by atoms with Crippen LogP contribution in [0.15, 0.2) is 6.20 Å². The van der Waals surface area contributed by atoms with E-state index < -0.39 is 0 Å². The van der Waals surface area contributed by atoms with Crippen LogP contribution in [-0.2, 0) is 0 Å². The van der Waals surface area contributed by atoms with E-state index in [1.807, 2.05) is 13.8 Å². The number of hydrogen-bond acceptors (Lipinski definition) is 4. The Bertz CT molecular complexity index is 243. The molecule has 0 amide bonds. The Morgan fingerprint density at radius 2 is 2.08 bits per heavy atom. The molecule has 1 rings (SSSR count). The highest BCUT2D eigenvalue weighted by molar-refractivity contribution is 6.28. The number of rotatable bonds is 1. The molecule has 1 N–H and O–H groups in total. The zero-order valence-corrected chi connectivity index (χ0v) is 7.96. The summed E-state index contributed by atoms with van der Waals surface area (Å²) in [4.78, 5) is 7.08. The SMILES string of the molecule is CC.COc1nc(Cl)ncc1O. The van der Waals surface area contributed by atoms with Crippen LogP contribution in [0.1, 0.15) is 13.8 Å². The first-order valence-electron chi connectivity index (χ1n) is 3.49. The normalized spacial score (nSPS) is 8.33. The van der Waals surface area contributed by atoms with E-state index in [2.05, 4.69) is 14.7 Å². The molecule has 0 saturated carbocycles. The number of nitrogens with zero attached hydrogens (tertiary/aromatic N) is 2. The Labute approximate surface area is 76.2 Å². The standard InChI is InChI=1S/C5H5ClN2O2.C2H6/c1-10-4-3(9)2-7-5(6)8-4;1-2/h2,9H,1H3;1-2H3. The summed E-state index contributed by atoms with van der Waals surface area (Å²) in [7, 11) is 1.39. The van der Waals surface area contributed by atoms with Crippen molar-refractivity contribution in [2.24, 2.45) is 0 Å². The van der Waals surface area contributed by atoms with Gasteiger partial charge in [0.25, 0.3) is 5.88 Å². The maximum atomic E-state index is 8.93. The zero-order chi connectivity index (χ0) is 9.56. The molecule has 0 aliphatic heterocycles. The quantitative estimate of drug-likeness (QED) is 0.687. The van der Waals surface area contributed by atoms with E-state index in [0.717, 1.165) is 0 Å². The lowest BCUT2D eigenvalue weighted by atomic mass is 10.6. The van der Waals surface area contributed by atoms with Crippen molar-refractivity contribution in [3.05, 3.63) is 11.5 Å². The third-order valence-corrected chi connectivity index (χ3v) is 1.08. The van der Waals surface area contributed by atoms with Crippen LogP contribution in [0, 0.1) is 0 Å². The lowest BCUT2D eigenvalue weighted by molar-refractivity contribution is 0.356. The summed E-state index contributed by atoms with van der Waals surface area (Å²) in [5, 5.41) is 8.98. The minimum atomic E-state index is -0.119. The molecule has 0 spiro atoms. The van der Waals surface area contributed by atoms with Crippen LogP contribution in [0.25, 0.3) is 0 Å². The molecule has 1 heterocycles. The van der Waals surface area contributed by atoms with Crippen molar-refractivity contribution in [3.8, 4) is 11.6 Å². The van der Waals surface area contributed by atoms with Gasteiger partial charge in [0.05, 0.1) is 13.3 Å². The van der Waals surface area contributed by atoms with E-state index in [1.165, 1.54) is 13.3 Å². The Morgan fingerprint density at radius 1 is 1.50 bits per heavy atom. The molecular formula is C7H11ClN2O2. The van der Waals surface area contributed by atoms with E-state index in [0.29, 0.717) is 0 Å². The Hall–Kier alpha value is -1.03. The number of hydrogen-bond donors (Lipinski definition) is 1. The molecule has 0 aliphatic carbocycles. The minimum Gasteiger partial charge on any atom is -0.502 e. The first-order valence-corrected chi connectivity index (χ1v) is 3.87. The summed E-state index contributed by atoms with van der Waals surface area (Å²) in [5.41, 5.74) is 0. The van der Waals surface area contributed by atoms with E-state index in [9.17, 15) is 0 Å². The first kappa shape index (κ1) is 11.0. The average molecular weight is 191 g/mol. The van der Waals surface area contributed by atoms with E-state index >= 15 is 0 Å². The van der Waals surface area contributed by atoms with Gasteiger partial charge in [0.2, 0.25) is 5.28 Å². The third kappa shape index (κ3) is 2.92. The predicted octanol–water partition coefficient (Wildman–Crippen LogP) is 1.87. The number of aromatic hydroxyl groups is 1. The summed E-state index contributed by atoms with van der Waals surface area (Å²) in [6.07, 6.45) is 1.17. The summed E-state index contributed by atoms with van der Waals surface area (Å²) in [6, 6.07) is 0. The number of halogens is 1. The largest absolute Gasteiger partial charge is 0.502 e. The highest BCUT2D eigenvalue weighted by Gasteiger charge is 2.02. The van der Waals surface area contributed by atoms with Crippen molar-refractivity contribution < 1.29 is 9.84 Å². The van der Waals surface area contributed by atoms with Crippen LogP contribution in [0.5, 0.6) is 11.6 Å². The van der Waals surface area contributed by atoms with Crippen LogP contribution in [0.2, 0.25) is 5.28 Å². The second-order valence-corrected chi connectivity index (χ2v) is 1.87. The van der Waals surface area contributed by atoms with Crippen LogP contribution in [0.3, 0.4) is 0 Å². The fourth-order valence-electron chi connectivity index (χ4n) is 0.490. The number of aromatic nitrogens is 2. The minimum absolute atomic E-state index is 0.0506. The maximum Gasteiger partial charge on any atom is 0.261 e. The topological polar surface area (TPSA) is 55.2 Å². The Morgan fingerprint density at radius 3 is 2.50 bits per heavy atom. The maximum absolute atomic E-state index is 8.93. The van der Waals surface area contributed by atoms with Gasteiger partial charge in [-0.3, -0.25) is 0 Å². The third-order valence-electron chi connectivity index (χ3n) is 0.900. The van der Waals surface area contributed by atoms with E-state index in [1.54, 1.807) is 0 Å². The van der Waals surface area contributed by atoms with Crippen molar-refractivity contribution in [1.29, 1.82) is 0 Å². The smallest absolute Gasteiger partial charge is 0.261 e. The van der Waals surface area contributed by atoms with Crippen LogP contribution < -0.4 is 4.74 Å². The molecule has 0 saturated heterocycles. The van der Waals surface area contributed by atoms with Gasteiger partial charge in [0.1, 0.15) is 0 Å². The molecule has 0 unspecified atom stereocenters. The molecule has 0 atom stereocenters. The second-order valence-electron chi connectivity index (χ2n) is 1.53. The molecule has 0 bridgehead atoms. The van der Waals surface area contributed by atoms with Crippen molar-refractivity contribution in [2.45, 2.75) is 13.8 Å². The van der Waals surface area contributed by atoms with Gasteiger partial charge in [-0.2, -0.15) is 4.98 Å². The molecule has 1 aromatic rings. The molecule has 1 aromatic heterocycles. The van der Waals surface area contributed by atoms with E-state index in [4.69, 9.17) is 16.7 Å². The van der Waals surface area contributed by atoms with Crippen molar-refractivity contribution in [2.75, 3.05) is 7.11 Å². The monoisotopic (exact) mass is 190 g/mol. The van der Waals surface area contributed by atoms with Gasteiger partial charge in [-0.15, -0.1) is 0 Å². The first-order chi connectivity index (χ1) is 5.74. The van der Waals surface area contributed by atoms with Crippen LogP contribution >= 0.6 is 11.6 Å². The van der Waals surface area contributed by atoms with Crippen LogP contribution in [0.4, 0.5) is 0 Å². The summed E-state index contributed by atoms with van der Waals surface area (Å²) < 4.78 is 4.64. The fourth-order valence-corrected chi connectivity index (χ4v) is 0.615. The number of ether oxygens (including phenoxy) is 1. The average Bonchev–Trinajstić information content (AvgIpc) is 2.13. The van der Waals surface area contributed by atoms with Gasteiger partial charge in [-0.05, 0) is 11.6 Å². The summed E-state index contributed by atoms with van der Waals surface area (Å²) in [5.74, 6) is -0.0353.